The Morgan fingerprint density at radius 3 is 2.24 bits per heavy atom. The van der Waals surface area contributed by atoms with Crippen LogP contribution in [0.1, 0.15) is 0 Å². The maximum atomic E-state index is 12.1. The van der Waals surface area contributed by atoms with Crippen molar-refractivity contribution in [3.8, 4) is 5.69 Å². The van der Waals surface area contributed by atoms with Crippen molar-refractivity contribution in [1.82, 2.24) is 3.56 Å². The van der Waals surface area contributed by atoms with Gasteiger partial charge in [-0.1, -0.05) is 0 Å². The quantitative estimate of drug-likeness (QED) is 0.485. The molecule has 0 aliphatic rings. The van der Waals surface area contributed by atoms with Crippen molar-refractivity contribution in [3.05, 3.63) is 65.0 Å². The third kappa shape index (κ3) is 2.32. The van der Waals surface area contributed by atoms with Crippen LogP contribution in [0.2, 0.25) is 0 Å². The second-order valence-electron chi connectivity index (χ2n) is 3.52. The summed E-state index contributed by atoms with van der Waals surface area (Å²) in [4.78, 5) is 12.1. The summed E-state index contributed by atoms with van der Waals surface area (Å²) in [6, 6.07) is 17.7. The maximum Gasteiger partial charge on any atom is 0 e. The average Bonchev–Trinajstić information content (AvgIpc) is 2.69. The first-order valence-electron chi connectivity index (χ1n) is 5.03. The van der Waals surface area contributed by atoms with Crippen LogP contribution in [0.25, 0.3) is 15.3 Å². The molecule has 0 atom stereocenters. The van der Waals surface area contributed by atoms with Crippen molar-refractivity contribution >= 4 is 51.7 Å². The van der Waals surface area contributed by atoms with Gasteiger partial charge >= 0.3 is 98.6 Å². The number of para-hydroxylation sites is 1. The van der Waals surface area contributed by atoms with E-state index in [2.05, 4.69) is 0 Å². The molecule has 0 aliphatic carbocycles. The summed E-state index contributed by atoms with van der Waals surface area (Å²) in [5.74, 6) is 0. The van der Waals surface area contributed by atoms with Crippen LogP contribution in [-0.4, -0.2) is 45.6 Å². The number of hydrogen-bond donors (Lipinski definition) is 0. The van der Waals surface area contributed by atoms with E-state index in [-0.39, 0.29) is 47.6 Å². The second kappa shape index (κ2) is 5.33. The van der Waals surface area contributed by atoms with Gasteiger partial charge in [-0.2, -0.15) is 0 Å². The van der Waals surface area contributed by atoms with Gasteiger partial charge in [0, 0.05) is 27.3 Å². The topological polar surface area (TPSA) is 22.0 Å². The molecule has 1 aromatic heterocycles. The molecule has 0 bridgehead atoms. The number of nitrogens with zero attached hydrogens (tertiary/aromatic N) is 1. The molecule has 0 fully saturated rings. The van der Waals surface area contributed by atoms with Gasteiger partial charge in [0.15, 0.2) is 0 Å². The van der Waals surface area contributed by atoms with Crippen LogP contribution in [0.5, 0.6) is 0 Å². The van der Waals surface area contributed by atoms with Crippen LogP contribution >= 0.6 is 0 Å². The smallest absolute Gasteiger partial charge is 0 e. The monoisotopic (exact) mass is 483 g/mol. The zero-order valence-electron chi connectivity index (χ0n) is 8.96. The third-order valence-corrected chi connectivity index (χ3v) is 4.82. The second-order valence-corrected chi connectivity index (χ2v) is 5.59. The fourth-order valence-electron chi connectivity index (χ4n) is 1.71. The minimum Gasteiger partial charge on any atom is 0 e. The predicted octanol–water partition coefficient (Wildman–Crippen LogP) is 1.67. The molecule has 1 heterocycles. The summed E-state index contributed by atoms with van der Waals surface area (Å²) in [6.45, 7) is 0. The van der Waals surface area contributed by atoms with Crippen molar-refractivity contribution < 1.29 is 0 Å². The SMILES string of the molecule is O=c1c2ccccc2[se]n1-c1ccccc1.[Pb]. The Labute approximate surface area is 125 Å². The van der Waals surface area contributed by atoms with Gasteiger partial charge in [-0.25, -0.2) is 0 Å². The van der Waals surface area contributed by atoms with Crippen molar-refractivity contribution in [2.45, 2.75) is 0 Å². The fraction of sp³-hybridized carbons (Fsp3) is 0. The van der Waals surface area contributed by atoms with Crippen LogP contribution in [0.4, 0.5) is 0 Å². The first-order chi connectivity index (χ1) is 7.86. The summed E-state index contributed by atoms with van der Waals surface area (Å²) in [5, 5.41) is 0.853. The molecule has 0 saturated carbocycles. The number of benzene rings is 2. The molecular weight excluding hydrogens is 472 g/mol. The maximum absolute atomic E-state index is 12.1. The van der Waals surface area contributed by atoms with E-state index in [4.69, 9.17) is 0 Å². The van der Waals surface area contributed by atoms with Crippen molar-refractivity contribution in [3.63, 3.8) is 0 Å². The Bertz CT molecular complexity index is 687. The van der Waals surface area contributed by atoms with E-state index in [1.165, 1.54) is 4.26 Å². The van der Waals surface area contributed by atoms with E-state index in [0.29, 0.717) is 0 Å². The molecule has 0 aliphatic heterocycles. The van der Waals surface area contributed by atoms with Crippen LogP contribution < -0.4 is 5.56 Å². The Kier molecular flexibility index (Phi) is 4.01. The summed E-state index contributed by atoms with van der Waals surface area (Å²) >= 11 is 0.0784. The molecule has 3 rings (SSSR count). The van der Waals surface area contributed by atoms with Gasteiger partial charge in [-0.3, -0.25) is 0 Å². The minimum absolute atomic E-state index is 0. The van der Waals surface area contributed by atoms with E-state index in [1.54, 1.807) is 0 Å². The third-order valence-electron chi connectivity index (χ3n) is 2.48. The number of hydrogen-bond acceptors (Lipinski definition) is 1. The van der Waals surface area contributed by atoms with Crippen LogP contribution in [0, 0.1) is 0 Å². The molecule has 2 nitrogen and oxygen atoms in total. The standard InChI is InChI=1S/C13H9NOSe.Pb/c15-13-11-8-4-5-9-12(11)16-14(13)10-6-2-1-3-7-10;/h1-9H;. The first kappa shape index (κ1) is 12.8. The molecule has 0 amide bonds. The molecule has 3 aromatic rings. The van der Waals surface area contributed by atoms with Gasteiger partial charge < -0.3 is 0 Å². The summed E-state index contributed by atoms with van der Waals surface area (Å²) in [6.07, 6.45) is 0. The Balaban J connectivity index is 0.00000108. The summed E-state index contributed by atoms with van der Waals surface area (Å²) < 4.78 is 3.04. The van der Waals surface area contributed by atoms with Crippen LogP contribution in [0.15, 0.2) is 59.4 Å². The molecule has 0 unspecified atom stereocenters. The Morgan fingerprint density at radius 2 is 1.53 bits per heavy atom. The predicted molar refractivity (Wildman–Crippen MR) is 72.2 cm³/mol. The van der Waals surface area contributed by atoms with Gasteiger partial charge in [-0.05, 0) is 0 Å². The van der Waals surface area contributed by atoms with Gasteiger partial charge in [0.25, 0.3) is 0 Å². The number of rotatable bonds is 1. The fourth-order valence-corrected chi connectivity index (χ4v) is 3.80. The van der Waals surface area contributed by atoms with E-state index < -0.39 is 0 Å². The van der Waals surface area contributed by atoms with E-state index >= 15 is 0 Å². The van der Waals surface area contributed by atoms with Gasteiger partial charge in [0.2, 0.25) is 0 Å². The normalized spacial score (nSPS) is 10.1. The van der Waals surface area contributed by atoms with Gasteiger partial charge in [-0.15, -0.1) is 0 Å². The summed E-state index contributed by atoms with van der Waals surface area (Å²) in [5.41, 5.74) is 1.12. The largest absolute Gasteiger partial charge is 0 e. The Morgan fingerprint density at radius 1 is 0.882 bits per heavy atom. The van der Waals surface area contributed by atoms with Crippen molar-refractivity contribution in [2.24, 2.45) is 0 Å². The molecule has 4 heteroatoms. The molecule has 0 saturated heterocycles. The van der Waals surface area contributed by atoms with E-state index in [0.717, 1.165) is 11.1 Å². The van der Waals surface area contributed by atoms with Crippen molar-refractivity contribution in [2.75, 3.05) is 0 Å². The zero-order valence-corrected chi connectivity index (χ0v) is 14.6. The Hall–Kier alpha value is -0.648. The average molecular weight is 481 g/mol. The van der Waals surface area contributed by atoms with E-state index in [1.807, 2.05) is 58.2 Å². The molecule has 0 spiro atoms. The number of fused-ring (bicyclic) bond motifs is 1. The van der Waals surface area contributed by atoms with Crippen LogP contribution in [0.3, 0.4) is 0 Å². The van der Waals surface area contributed by atoms with Crippen LogP contribution in [-0.2, 0) is 0 Å². The number of aromatic nitrogens is 1. The minimum atomic E-state index is 0. The van der Waals surface area contributed by atoms with Gasteiger partial charge in [0.1, 0.15) is 0 Å². The molecule has 0 N–H and O–H groups in total. The molecule has 17 heavy (non-hydrogen) atoms. The zero-order chi connectivity index (χ0) is 11.0. The first-order valence-corrected chi connectivity index (χ1v) is 6.65. The van der Waals surface area contributed by atoms with E-state index in [9.17, 15) is 4.79 Å². The molecule has 4 radical (unpaired) electrons. The molecular formula is C13H9NOPbSe. The molecule has 82 valence electrons. The van der Waals surface area contributed by atoms with Gasteiger partial charge in [0.05, 0.1) is 0 Å². The molecule has 2 aromatic carbocycles. The summed E-state index contributed by atoms with van der Waals surface area (Å²) in [7, 11) is 0. The van der Waals surface area contributed by atoms with Crippen molar-refractivity contribution in [1.29, 1.82) is 0 Å².